The van der Waals surface area contributed by atoms with Crippen molar-refractivity contribution in [1.29, 1.82) is 0 Å². The Kier molecular flexibility index (Phi) is 8.76. The largest absolute Gasteiger partial charge is 0.370 e. The summed E-state index contributed by atoms with van der Waals surface area (Å²) in [5.41, 5.74) is 1.97. The highest BCUT2D eigenvalue weighted by Crippen LogP contribution is 2.55. The average molecular weight is 705 g/mol. The first kappa shape index (κ1) is 34.9. The number of carbonyl (C=O) groups excluding carboxylic acids is 3. The number of likely N-dealkylation sites (tertiary alicyclic amines) is 1. The molecule has 3 saturated heterocycles. The molecule has 12 heteroatoms. The maximum Gasteiger partial charge on any atom is 0.261 e. The molecule has 4 heterocycles. The van der Waals surface area contributed by atoms with E-state index in [0.717, 1.165) is 30.3 Å². The van der Waals surface area contributed by atoms with Crippen molar-refractivity contribution in [3.8, 4) is 0 Å². The molecule has 50 heavy (non-hydrogen) atoms. The van der Waals surface area contributed by atoms with Gasteiger partial charge in [-0.25, -0.2) is 0 Å². The van der Waals surface area contributed by atoms with Crippen molar-refractivity contribution < 1.29 is 32.5 Å². The summed E-state index contributed by atoms with van der Waals surface area (Å²) in [6.45, 7) is 4.52. The van der Waals surface area contributed by atoms with E-state index in [1.165, 1.54) is 21.4 Å². The highest BCUT2D eigenvalue weighted by atomic mass is 32.2. The number of nitrogens with one attached hydrogen (secondary N) is 2. The van der Waals surface area contributed by atoms with Gasteiger partial charge in [-0.05, 0) is 61.4 Å². The number of hydrogen-bond acceptors (Lipinski definition) is 7. The monoisotopic (exact) mass is 704 g/mol. The molecule has 1 saturated carbocycles. The van der Waals surface area contributed by atoms with Crippen LogP contribution in [0.1, 0.15) is 68.6 Å². The predicted molar refractivity (Wildman–Crippen MR) is 189 cm³/mol. The number of carbonyl (C=O) groups is 3. The molecule has 0 radical (unpaired) electrons. The van der Waals surface area contributed by atoms with Gasteiger partial charge < -0.3 is 25.2 Å². The van der Waals surface area contributed by atoms with Gasteiger partial charge in [0.15, 0.2) is 5.78 Å². The zero-order valence-corrected chi connectivity index (χ0v) is 29.9. The number of aliphatic hydroxyl groups is 1. The molecule has 4 N–H and O–H groups in total. The Labute approximate surface area is 293 Å². The van der Waals surface area contributed by atoms with E-state index in [0.29, 0.717) is 38.1 Å². The first-order valence-corrected chi connectivity index (χ1v) is 19.6. The number of aromatic nitrogens is 1. The van der Waals surface area contributed by atoms with Crippen molar-refractivity contribution in [2.75, 3.05) is 19.8 Å². The third-order valence-electron chi connectivity index (χ3n) is 12.4. The molecule has 0 spiro atoms. The lowest BCUT2D eigenvalue weighted by Crippen LogP contribution is -2.66. The Morgan fingerprint density at radius 3 is 2.50 bits per heavy atom. The van der Waals surface area contributed by atoms with E-state index in [2.05, 4.69) is 46.6 Å². The van der Waals surface area contributed by atoms with Crippen LogP contribution in [0.5, 0.6) is 0 Å². The van der Waals surface area contributed by atoms with E-state index in [-0.39, 0.29) is 53.6 Å². The van der Waals surface area contributed by atoms with Crippen molar-refractivity contribution in [2.45, 2.75) is 88.1 Å². The van der Waals surface area contributed by atoms with Gasteiger partial charge in [-0.1, -0.05) is 62.7 Å². The van der Waals surface area contributed by atoms with E-state index in [9.17, 15) is 27.9 Å². The van der Waals surface area contributed by atoms with Crippen LogP contribution in [-0.4, -0.2) is 93.7 Å². The average Bonchev–Trinajstić information content (AvgIpc) is 3.77. The normalized spacial score (nSPS) is 33.5. The van der Waals surface area contributed by atoms with Crippen molar-refractivity contribution in [2.24, 2.45) is 23.7 Å². The molecule has 3 aromatic rings. The number of rotatable bonds is 5. The van der Waals surface area contributed by atoms with Crippen LogP contribution in [0.15, 0.2) is 54.7 Å². The number of hydrogen-bond donors (Lipinski definition) is 4. The second-order valence-electron chi connectivity index (χ2n) is 15.7. The number of piperidine rings is 2. The number of H-pyrrole nitrogens is 1. The van der Waals surface area contributed by atoms with Gasteiger partial charge in [0, 0.05) is 60.3 Å². The Bertz CT molecular complexity index is 1920. The first-order valence-electron chi connectivity index (χ1n) is 17.8. The Morgan fingerprint density at radius 1 is 1.08 bits per heavy atom. The van der Waals surface area contributed by atoms with Crippen LogP contribution in [0.2, 0.25) is 0 Å². The zero-order chi connectivity index (χ0) is 35.7. The lowest BCUT2D eigenvalue weighted by atomic mass is 9.71. The van der Waals surface area contributed by atoms with Crippen LogP contribution in [0.25, 0.3) is 10.9 Å². The second kappa shape index (κ2) is 12.6. The van der Waals surface area contributed by atoms with E-state index in [1.807, 2.05) is 44.2 Å². The molecule has 3 unspecified atom stereocenters. The fraction of sp³-hybridized carbons (Fsp3) is 0.553. The number of amides is 2. The molecule has 11 nitrogen and oxygen atoms in total. The summed E-state index contributed by atoms with van der Waals surface area (Å²) in [7, 11) is -1.56. The van der Waals surface area contributed by atoms with Gasteiger partial charge in [-0.15, -0.1) is 0 Å². The highest BCUT2D eigenvalue weighted by molar-refractivity contribution is 7.85. The minimum absolute atomic E-state index is 0.0563. The van der Waals surface area contributed by atoms with Crippen LogP contribution < -0.4 is 5.32 Å². The highest BCUT2D eigenvalue weighted by Gasteiger charge is 2.70. The number of fused-ring (bicyclic) bond motifs is 5. The molecule has 8 atom stereocenters. The van der Waals surface area contributed by atoms with Gasteiger partial charge in [0.2, 0.25) is 5.91 Å². The number of benzene rings is 2. The molecule has 1 aromatic heterocycles. The Morgan fingerprint density at radius 2 is 1.80 bits per heavy atom. The molecule has 268 valence electrons. The Balaban J connectivity index is 0.000000734. The third kappa shape index (κ3) is 5.78. The minimum atomic E-state index is -3.67. The van der Waals surface area contributed by atoms with E-state index < -0.39 is 27.4 Å². The fourth-order valence-electron chi connectivity index (χ4n) is 10.1. The standard InChI is InChI=1S/C37H44N4O4.CH4O3S/c1-21(2)36(39-34(43)24-16-27-25-11-8-14-29-32(25)23(18-38-29)17-30(27)40(3)19-24)20-37(45)28-13-7-12-26(28)33(42)31(41(37)35(36)44)15-22-9-5-4-6-10-22;1-5(2,3)4/h4-6,8-11,14,18,21,24,26-28,30-31,38,45H,7,12-13,15-17,19-20H2,1-3H3,(H,39,43);1H3,(H,2,3,4)/t24?,26?,27-,28-,30-,31?,36+,37-;/m1./s1. The fourth-order valence-corrected chi connectivity index (χ4v) is 10.1. The van der Waals surface area contributed by atoms with Gasteiger partial charge >= 0.3 is 0 Å². The van der Waals surface area contributed by atoms with Crippen LogP contribution in [-0.2, 0) is 37.3 Å². The van der Waals surface area contributed by atoms with Gasteiger partial charge in [-0.3, -0.25) is 18.9 Å². The molecule has 4 fully saturated rings. The quantitative estimate of drug-likeness (QED) is 0.293. The van der Waals surface area contributed by atoms with E-state index in [4.69, 9.17) is 4.55 Å². The molecule has 2 amide bonds. The topological polar surface area (TPSA) is 160 Å². The van der Waals surface area contributed by atoms with Crippen LogP contribution >= 0.6 is 0 Å². The molecular weight excluding hydrogens is 657 g/mol. The van der Waals surface area contributed by atoms with E-state index in [1.54, 1.807) is 0 Å². The maximum atomic E-state index is 14.8. The summed E-state index contributed by atoms with van der Waals surface area (Å²) in [6.07, 6.45) is 7.28. The summed E-state index contributed by atoms with van der Waals surface area (Å²) in [5.74, 6) is -1.31. The van der Waals surface area contributed by atoms with Crippen LogP contribution in [0.3, 0.4) is 0 Å². The van der Waals surface area contributed by atoms with E-state index >= 15 is 0 Å². The molecular formula is C38H48N4O7S. The first-order chi connectivity index (χ1) is 23.6. The van der Waals surface area contributed by atoms with Gasteiger partial charge in [0.25, 0.3) is 16.0 Å². The number of Topliss-reactive ketones (excluding diaryl/α,β-unsaturated/α-hetero) is 1. The molecule has 2 aliphatic carbocycles. The maximum absolute atomic E-state index is 14.8. The van der Waals surface area contributed by atoms with Crippen LogP contribution in [0.4, 0.5) is 0 Å². The lowest BCUT2D eigenvalue weighted by Gasteiger charge is -2.49. The number of nitrogens with zero attached hydrogens (tertiary/aromatic N) is 2. The molecule has 2 aromatic carbocycles. The molecule has 3 aliphatic heterocycles. The summed E-state index contributed by atoms with van der Waals surface area (Å²) >= 11 is 0. The summed E-state index contributed by atoms with van der Waals surface area (Å²) in [6, 6.07) is 15.7. The SMILES string of the molecule is CC(C)[C@@]1(NC(=O)C2C[C@@H]3c4cccc5[nH]cc(c45)C[C@H]3N(C)C2)C[C@@]2(O)[C@@H]3CCCC3C(=O)C(Cc3ccccc3)N2C1=O.CS(=O)(=O)O. The van der Waals surface area contributed by atoms with Gasteiger partial charge in [0.1, 0.15) is 11.3 Å². The summed E-state index contributed by atoms with van der Waals surface area (Å²) < 4.78 is 25.9. The second-order valence-corrected chi connectivity index (χ2v) is 17.1. The predicted octanol–water partition coefficient (Wildman–Crippen LogP) is 3.67. The van der Waals surface area contributed by atoms with Crippen molar-refractivity contribution in [3.63, 3.8) is 0 Å². The number of aromatic amines is 1. The number of likely N-dealkylation sites (N-methyl/N-ethyl adjacent to an activating group) is 1. The zero-order valence-electron chi connectivity index (χ0n) is 29.1. The van der Waals surface area contributed by atoms with Crippen molar-refractivity contribution in [3.05, 3.63) is 71.4 Å². The smallest absolute Gasteiger partial charge is 0.261 e. The van der Waals surface area contributed by atoms with Crippen molar-refractivity contribution >= 4 is 38.6 Å². The summed E-state index contributed by atoms with van der Waals surface area (Å²) in [4.78, 5) is 50.4. The molecule has 8 rings (SSSR count). The molecule has 0 bridgehead atoms. The van der Waals surface area contributed by atoms with Crippen LogP contribution in [0, 0.1) is 23.7 Å². The van der Waals surface area contributed by atoms with Crippen molar-refractivity contribution in [1.82, 2.24) is 20.1 Å². The third-order valence-corrected chi connectivity index (χ3v) is 12.4. The molecule has 5 aliphatic rings. The Hall–Kier alpha value is -3.58. The summed E-state index contributed by atoms with van der Waals surface area (Å²) in [5, 5.41) is 17.2. The minimum Gasteiger partial charge on any atom is -0.370 e. The van der Waals surface area contributed by atoms with Gasteiger partial charge in [-0.2, -0.15) is 8.42 Å². The van der Waals surface area contributed by atoms with Gasteiger partial charge in [0.05, 0.1) is 18.2 Å². The lowest BCUT2D eigenvalue weighted by molar-refractivity contribution is -0.192. The number of ketones is 1.